The van der Waals surface area contributed by atoms with Gasteiger partial charge in [0, 0.05) is 0 Å². The molecule has 0 spiro atoms. The zero-order valence-corrected chi connectivity index (χ0v) is 16.5. The molecule has 150 valence electrons. The Morgan fingerprint density at radius 3 is 2.38 bits per heavy atom. The van der Waals surface area contributed by atoms with Crippen LogP contribution in [0.2, 0.25) is 0 Å². The molecule has 0 atom stereocenters. The van der Waals surface area contributed by atoms with E-state index >= 15 is 0 Å². The third-order valence-corrected chi connectivity index (χ3v) is 4.12. The molecular formula is C22H24N4O3. The Bertz CT molecular complexity index is 928. The molecule has 0 aliphatic carbocycles. The van der Waals surface area contributed by atoms with Gasteiger partial charge in [-0.1, -0.05) is 29.8 Å². The summed E-state index contributed by atoms with van der Waals surface area (Å²) in [5, 5.41) is 14.0. The summed E-state index contributed by atoms with van der Waals surface area (Å²) in [6, 6.07) is 18.7. The van der Waals surface area contributed by atoms with Crippen LogP contribution in [0.15, 0.2) is 60.7 Å². The van der Waals surface area contributed by atoms with Crippen molar-refractivity contribution >= 4 is 17.5 Å². The number of amides is 1. The Morgan fingerprint density at radius 1 is 0.966 bits per heavy atom. The van der Waals surface area contributed by atoms with E-state index in [1.54, 1.807) is 19.2 Å². The van der Waals surface area contributed by atoms with Gasteiger partial charge in [-0.3, -0.25) is 4.79 Å². The number of hydrogen-bond acceptors (Lipinski definition) is 6. The Kier molecular flexibility index (Phi) is 7.00. The Morgan fingerprint density at radius 2 is 1.69 bits per heavy atom. The molecule has 1 amide bonds. The number of nitrogens with one attached hydrogen (secondary N) is 2. The van der Waals surface area contributed by atoms with Gasteiger partial charge in [-0.05, 0) is 48.9 Å². The van der Waals surface area contributed by atoms with Crippen LogP contribution in [0.3, 0.4) is 0 Å². The lowest BCUT2D eigenvalue weighted by atomic mass is 10.1. The van der Waals surface area contributed by atoms with E-state index in [9.17, 15) is 4.79 Å². The minimum absolute atomic E-state index is 0.126. The molecular weight excluding hydrogens is 368 g/mol. The second-order valence-corrected chi connectivity index (χ2v) is 6.47. The first kappa shape index (κ1) is 20.1. The minimum Gasteiger partial charge on any atom is -0.497 e. The predicted octanol–water partition coefficient (Wildman–Crippen LogP) is 3.47. The summed E-state index contributed by atoms with van der Waals surface area (Å²) in [6.45, 7) is 3.05. The maximum absolute atomic E-state index is 12.1. The quantitative estimate of drug-likeness (QED) is 0.543. The summed E-state index contributed by atoms with van der Waals surface area (Å²) in [5.74, 6) is 2.46. The average molecular weight is 392 g/mol. The lowest BCUT2D eigenvalue weighted by Crippen LogP contribution is -2.16. The number of anilines is 2. The highest BCUT2D eigenvalue weighted by molar-refractivity contribution is 5.91. The smallest absolute Gasteiger partial charge is 0.229 e. The molecule has 0 aliphatic rings. The Labute approximate surface area is 170 Å². The Balaban J connectivity index is 1.40. The molecule has 2 N–H and O–H groups in total. The van der Waals surface area contributed by atoms with Crippen molar-refractivity contribution in [3.05, 3.63) is 71.8 Å². The standard InChI is InChI=1S/C22H24N4O3/c1-16-4-3-5-17(14-16)15-22(27)24-21-11-10-20(25-26-21)23-12-13-29-19-8-6-18(28-2)7-9-19/h3-11,14H,12-13,15H2,1-2H3,(H,23,25)(H,24,26,27). The lowest BCUT2D eigenvalue weighted by Gasteiger charge is -2.09. The van der Waals surface area contributed by atoms with Crippen molar-refractivity contribution in [3.63, 3.8) is 0 Å². The summed E-state index contributed by atoms with van der Waals surface area (Å²) in [5.41, 5.74) is 2.09. The molecule has 0 bridgehead atoms. The highest BCUT2D eigenvalue weighted by Crippen LogP contribution is 2.16. The molecule has 0 aliphatic heterocycles. The van der Waals surface area contributed by atoms with Gasteiger partial charge >= 0.3 is 0 Å². The van der Waals surface area contributed by atoms with Crippen molar-refractivity contribution in [2.45, 2.75) is 13.3 Å². The molecule has 1 aromatic heterocycles. The molecule has 3 rings (SSSR count). The van der Waals surface area contributed by atoms with Crippen LogP contribution in [0, 0.1) is 6.92 Å². The average Bonchev–Trinajstić information content (AvgIpc) is 2.73. The van der Waals surface area contributed by atoms with E-state index in [-0.39, 0.29) is 5.91 Å². The number of aryl methyl sites for hydroxylation is 1. The fourth-order valence-electron chi connectivity index (χ4n) is 2.71. The van der Waals surface area contributed by atoms with Gasteiger partial charge in [0.2, 0.25) is 5.91 Å². The van der Waals surface area contributed by atoms with Crippen molar-refractivity contribution in [2.75, 3.05) is 30.9 Å². The predicted molar refractivity (Wildman–Crippen MR) is 113 cm³/mol. The first-order valence-corrected chi connectivity index (χ1v) is 9.32. The molecule has 7 heteroatoms. The first-order valence-electron chi connectivity index (χ1n) is 9.32. The summed E-state index contributed by atoms with van der Waals surface area (Å²) in [7, 11) is 1.63. The molecule has 1 heterocycles. The molecule has 0 unspecified atom stereocenters. The molecule has 3 aromatic rings. The summed E-state index contributed by atoms with van der Waals surface area (Å²) in [6.07, 6.45) is 0.298. The van der Waals surface area contributed by atoms with Gasteiger partial charge in [0.15, 0.2) is 5.82 Å². The van der Waals surface area contributed by atoms with E-state index < -0.39 is 0 Å². The number of methoxy groups -OCH3 is 1. The number of nitrogens with zero attached hydrogens (tertiary/aromatic N) is 2. The van der Waals surface area contributed by atoms with Crippen molar-refractivity contribution in [2.24, 2.45) is 0 Å². The molecule has 0 radical (unpaired) electrons. The number of ether oxygens (including phenoxy) is 2. The number of rotatable bonds is 9. The first-order chi connectivity index (χ1) is 14.1. The van der Waals surface area contributed by atoms with Crippen LogP contribution >= 0.6 is 0 Å². The number of benzene rings is 2. The summed E-state index contributed by atoms with van der Waals surface area (Å²) < 4.78 is 10.8. The topological polar surface area (TPSA) is 85.4 Å². The van der Waals surface area contributed by atoms with E-state index in [0.29, 0.717) is 31.2 Å². The summed E-state index contributed by atoms with van der Waals surface area (Å²) >= 11 is 0. The molecule has 2 aromatic carbocycles. The van der Waals surface area contributed by atoms with Crippen LogP contribution in [0.4, 0.5) is 11.6 Å². The van der Waals surface area contributed by atoms with Crippen LogP contribution in [0.25, 0.3) is 0 Å². The van der Waals surface area contributed by atoms with Crippen molar-refractivity contribution < 1.29 is 14.3 Å². The lowest BCUT2D eigenvalue weighted by molar-refractivity contribution is -0.115. The number of carbonyl (C=O) groups is 1. The van der Waals surface area contributed by atoms with Crippen LogP contribution in [-0.2, 0) is 11.2 Å². The highest BCUT2D eigenvalue weighted by atomic mass is 16.5. The zero-order valence-electron chi connectivity index (χ0n) is 16.5. The fourth-order valence-corrected chi connectivity index (χ4v) is 2.71. The van der Waals surface area contributed by atoms with Crippen LogP contribution < -0.4 is 20.1 Å². The van der Waals surface area contributed by atoms with E-state index in [1.165, 1.54) is 0 Å². The van der Waals surface area contributed by atoms with Gasteiger partial charge in [0.1, 0.15) is 23.9 Å². The molecule has 0 fully saturated rings. The van der Waals surface area contributed by atoms with E-state index in [1.807, 2.05) is 55.5 Å². The fraction of sp³-hybridized carbons (Fsp3) is 0.227. The van der Waals surface area contributed by atoms with E-state index in [2.05, 4.69) is 20.8 Å². The molecule has 29 heavy (non-hydrogen) atoms. The summed E-state index contributed by atoms with van der Waals surface area (Å²) in [4.78, 5) is 12.1. The van der Waals surface area contributed by atoms with Crippen molar-refractivity contribution in [3.8, 4) is 11.5 Å². The normalized spacial score (nSPS) is 10.3. The zero-order chi connectivity index (χ0) is 20.5. The van der Waals surface area contributed by atoms with Gasteiger partial charge in [-0.15, -0.1) is 10.2 Å². The second-order valence-electron chi connectivity index (χ2n) is 6.47. The number of carbonyl (C=O) groups excluding carboxylic acids is 1. The van der Waals surface area contributed by atoms with Crippen LogP contribution in [-0.4, -0.2) is 36.4 Å². The van der Waals surface area contributed by atoms with E-state index in [4.69, 9.17) is 9.47 Å². The monoisotopic (exact) mass is 392 g/mol. The van der Waals surface area contributed by atoms with Gasteiger partial charge in [0.05, 0.1) is 20.1 Å². The largest absolute Gasteiger partial charge is 0.497 e. The van der Waals surface area contributed by atoms with Gasteiger partial charge in [-0.25, -0.2) is 0 Å². The number of hydrogen-bond donors (Lipinski definition) is 2. The molecule has 0 saturated carbocycles. The van der Waals surface area contributed by atoms with Crippen molar-refractivity contribution in [1.29, 1.82) is 0 Å². The third-order valence-electron chi connectivity index (χ3n) is 4.12. The Hall–Kier alpha value is -3.61. The van der Waals surface area contributed by atoms with Gasteiger partial charge < -0.3 is 20.1 Å². The van der Waals surface area contributed by atoms with Crippen LogP contribution in [0.5, 0.6) is 11.5 Å². The van der Waals surface area contributed by atoms with Gasteiger partial charge in [0.25, 0.3) is 0 Å². The molecule has 7 nitrogen and oxygen atoms in total. The second kappa shape index (κ2) is 10.1. The van der Waals surface area contributed by atoms with Crippen molar-refractivity contribution in [1.82, 2.24) is 10.2 Å². The SMILES string of the molecule is COc1ccc(OCCNc2ccc(NC(=O)Cc3cccc(C)c3)nn2)cc1. The maximum Gasteiger partial charge on any atom is 0.229 e. The maximum atomic E-state index is 12.1. The van der Waals surface area contributed by atoms with E-state index in [0.717, 1.165) is 22.6 Å². The van der Waals surface area contributed by atoms with Crippen LogP contribution in [0.1, 0.15) is 11.1 Å². The third kappa shape index (κ3) is 6.49. The van der Waals surface area contributed by atoms with Gasteiger partial charge in [-0.2, -0.15) is 0 Å². The highest BCUT2D eigenvalue weighted by Gasteiger charge is 2.06. The minimum atomic E-state index is -0.126. The number of aromatic nitrogens is 2. The molecule has 0 saturated heterocycles.